The third-order valence-electron chi connectivity index (χ3n) is 4.73. The highest BCUT2D eigenvalue weighted by Crippen LogP contribution is 2.49. The van der Waals surface area contributed by atoms with E-state index in [1.807, 2.05) is 14.1 Å². The van der Waals surface area contributed by atoms with Crippen molar-refractivity contribution in [3.05, 3.63) is 0 Å². The quantitative estimate of drug-likeness (QED) is 0.731. The van der Waals surface area contributed by atoms with Crippen molar-refractivity contribution in [1.82, 2.24) is 4.90 Å². The van der Waals surface area contributed by atoms with Gasteiger partial charge >= 0.3 is 0 Å². The molecule has 0 saturated heterocycles. The molecular formula is C17H35NO. The first kappa shape index (κ1) is 18.5. The fraction of sp³-hybridized carbons (Fsp3) is 0.941. The van der Waals surface area contributed by atoms with Crippen LogP contribution in [0.5, 0.6) is 0 Å². The third-order valence-corrected chi connectivity index (χ3v) is 4.73. The Labute approximate surface area is 120 Å². The lowest BCUT2D eigenvalue weighted by Gasteiger charge is -2.47. The second-order valence-corrected chi connectivity index (χ2v) is 8.93. The van der Waals surface area contributed by atoms with Crippen LogP contribution in [0.3, 0.4) is 0 Å². The predicted molar refractivity (Wildman–Crippen MR) is 84.1 cm³/mol. The second-order valence-electron chi connectivity index (χ2n) is 8.93. The van der Waals surface area contributed by atoms with E-state index in [1.54, 1.807) is 4.90 Å². The standard InChI is InChI=1S/C17H35NO/c1-15(2,3)12-13(11-14(19)18(9)10)17(7,8)16(4,5)6/h13H,11-12H2,1-10H3. The van der Waals surface area contributed by atoms with Crippen molar-refractivity contribution >= 4 is 5.91 Å². The average molecular weight is 269 g/mol. The van der Waals surface area contributed by atoms with E-state index >= 15 is 0 Å². The number of nitrogens with zero attached hydrogens (tertiary/aromatic N) is 1. The van der Waals surface area contributed by atoms with Crippen LogP contribution in [-0.4, -0.2) is 24.9 Å². The fourth-order valence-electron chi connectivity index (χ4n) is 2.33. The highest BCUT2D eigenvalue weighted by atomic mass is 16.2. The number of hydrogen-bond acceptors (Lipinski definition) is 1. The smallest absolute Gasteiger partial charge is 0.222 e. The highest BCUT2D eigenvalue weighted by molar-refractivity contribution is 5.75. The summed E-state index contributed by atoms with van der Waals surface area (Å²) in [6, 6.07) is 0. The largest absolute Gasteiger partial charge is 0.349 e. The van der Waals surface area contributed by atoms with Crippen LogP contribution in [0, 0.1) is 22.2 Å². The van der Waals surface area contributed by atoms with Crippen LogP contribution in [0.2, 0.25) is 0 Å². The van der Waals surface area contributed by atoms with E-state index < -0.39 is 0 Å². The van der Waals surface area contributed by atoms with E-state index in [0.29, 0.717) is 12.3 Å². The average Bonchev–Trinajstić information content (AvgIpc) is 2.12. The van der Waals surface area contributed by atoms with E-state index in [0.717, 1.165) is 6.42 Å². The Hall–Kier alpha value is -0.530. The zero-order chi connectivity index (χ0) is 15.6. The van der Waals surface area contributed by atoms with Gasteiger partial charge in [0, 0.05) is 20.5 Å². The maximum Gasteiger partial charge on any atom is 0.222 e. The van der Waals surface area contributed by atoms with Crippen LogP contribution in [0.4, 0.5) is 0 Å². The Morgan fingerprint density at radius 1 is 0.947 bits per heavy atom. The van der Waals surface area contributed by atoms with E-state index in [2.05, 4.69) is 55.4 Å². The molecule has 1 unspecified atom stereocenters. The predicted octanol–water partition coefficient (Wildman–Crippen LogP) is 4.59. The first-order chi connectivity index (χ1) is 8.18. The van der Waals surface area contributed by atoms with E-state index in [-0.39, 0.29) is 22.2 Å². The van der Waals surface area contributed by atoms with Crippen molar-refractivity contribution in [2.24, 2.45) is 22.2 Å². The van der Waals surface area contributed by atoms with Crippen molar-refractivity contribution in [3.63, 3.8) is 0 Å². The lowest BCUT2D eigenvalue weighted by molar-refractivity contribution is -0.132. The maximum absolute atomic E-state index is 12.1. The summed E-state index contributed by atoms with van der Waals surface area (Å²) in [5.74, 6) is 0.647. The van der Waals surface area contributed by atoms with Gasteiger partial charge in [0.2, 0.25) is 5.91 Å². The molecule has 0 radical (unpaired) electrons. The molecule has 0 bridgehead atoms. The van der Waals surface area contributed by atoms with Gasteiger partial charge in [0.05, 0.1) is 0 Å². The van der Waals surface area contributed by atoms with Gasteiger partial charge in [-0.3, -0.25) is 4.79 Å². The second kappa shape index (κ2) is 5.85. The van der Waals surface area contributed by atoms with Crippen molar-refractivity contribution in [2.75, 3.05) is 14.1 Å². The molecule has 0 aliphatic rings. The lowest BCUT2D eigenvalue weighted by atomic mass is 9.58. The Balaban J connectivity index is 5.24. The molecule has 2 heteroatoms. The van der Waals surface area contributed by atoms with Crippen LogP contribution in [-0.2, 0) is 4.79 Å². The summed E-state index contributed by atoms with van der Waals surface area (Å²) in [4.78, 5) is 13.9. The van der Waals surface area contributed by atoms with Crippen LogP contribution in [0.25, 0.3) is 0 Å². The summed E-state index contributed by atoms with van der Waals surface area (Å²) in [7, 11) is 3.70. The van der Waals surface area contributed by atoms with Gasteiger partial charge in [-0.2, -0.15) is 0 Å². The van der Waals surface area contributed by atoms with Crippen molar-refractivity contribution < 1.29 is 4.79 Å². The first-order valence-corrected chi connectivity index (χ1v) is 7.38. The molecule has 0 aromatic carbocycles. The zero-order valence-electron chi connectivity index (χ0n) is 14.8. The summed E-state index contributed by atoms with van der Waals surface area (Å²) < 4.78 is 0. The number of rotatable bonds is 4. The Morgan fingerprint density at radius 3 is 1.63 bits per heavy atom. The Bertz CT molecular complexity index is 302. The van der Waals surface area contributed by atoms with Gasteiger partial charge in [0.1, 0.15) is 0 Å². The Morgan fingerprint density at radius 2 is 1.37 bits per heavy atom. The molecule has 0 aliphatic heterocycles. The van der Waals surface area contributed by atoms with Gasteiger partial charge in [-0.05, 0) is 28.6 Å². The van der Waals surface area contributed by atoms with Crippen LogP contribution in [0.1, 0.15) is 68.2 Å². The number of carbonyl (C=O) groups is 1. The minimum Gasteiger partial charge on any atom is -0.349 e. The lowest BCUT2D eigenvalue weighted by Crippen LogP contribution is -2.41. The highest BCUT2D eigenvalue weighted by Gasteiger charge is 2.42. The van der Waals surface area contributed by atoms with E-state index in [9.17, 15) is 4.79 Å². The number of amides is 1. The fourth-order valence-corrected chi connectivity index (χ4v) is 2.33. The molecule has 0 rings (SSSR count). The molecular weight excluding hydrogens is 234 g/mol. The monoisotopic (exact) mass is 269 g/mol. The summed E-state index contributed by atoms with van der Waals surface area (Å²) in [5.41, 5.74) is 0.571. The molecule has 0 aromatic rings. The molecule has 114 valence electrons. The number of carbonyl (C=O) groups excluding carboxylic acids is 1. The van der Waals surface area contributed by atoms with Crippen molar-refractivity contribution in [2.45, 2.75) is 68.2 Å². The summed E-state index contributed by atoms with van der Waals surface area (Å²) in [6.07, 6.45) is 1.73. The molecule has 0 spiro atoms. The summed E-state index contributed by atoms with van der Waals surface area (Å²) in [5, 5.41) is 0. The topological polar surface area (TPSA) is 20.3 Å². The molecule has 2 nitrogen and oxygen atoms in total. The minimum atomic E-state index is 0.131. The summed E-state index contributed by atoms with van der Waals surface area (Å²) >= 11 is 0. The maximum atomic E-state index is 12.1. The van der Waals surface area contributed by atoms with Gasteiger partial charge < -0.3 is 4.90 Å². The van der Waals surface area contributed by atoms with Gasteiger partial charge in [-0.1, -0.05) is 55.4 Å². The molecule has 0 N–H and O–H groups in total. The molecule has 1 amide bonds. The molecule has 19 heavy (non-hydrogen) atoms. The molecule has 0 saturated carbocycles. The van der Waals surface area contributed by atoms with E-state index in [4.69, 9.17) is 0 Å². The summed E-state index contributed by atoms with van der Waals surface area (Å²) in [6.45, 7) is 18.3. The minimum absolute atomic E-state index is 0.131. The van der Waals surface area contributed by atoms with Crippen molar-refractivity contribution in [3.8, 4) is 0 Å². The van der Waals surface area contributed by atoms with Crippen molar-refractivity contribution in [1.29, 1.82) is 0 Å². The molecule has 0 aliphatic carbocycles. The van der Waals surface area contributed by atoms with Gasteiger partial charge in [0.25, 0.3) is 0 Å². The third kappa shape index (κ3) is 5.54. The number of hydrogen-bond donors (Lipinski definition) is 0. The zero-order valence-corrected chi connectivity index (χ0v) is 14.8. The molecule has 0 fully saturated rings. The molecule has 0 aromatic heterocycles. The molecule has 1 atom stereocenters. The molecule has 0 heterocycles. The van der Waals surface area contributed by atoms with Crippen LogP contribution < -0.4 is 0 Å². The normalized spacial score (nSPS) is 15.3. The van der Waals surface area contributed by atoms with Crippen LogP contribution in [0.15, 0.2) is 0 Å². The Kier molecular flexibility index (Phi) is 5.68. The van der Waals surface area contributed by atoms with Gasteiger partial charge in [0.15, 0.2) is 0 Å². The van der Waals surface area contributed by atoms with Crippen LogP contribution >= 0.6 is 0 Å². The first-order valence-electron chi connectivity index (χ1n) is 7.38. The van der Waals surface area contributed by atoms with Gasteiger partial charge in [-0.25, -0.2) is 0 Å². The van der Waals surface area contributed by atoms with E-state index in [1.165, 1.54) is 0 Å². The van der Waals surface area contributed by atoms with Gasteiger partial charge in [-0.15, -0.1) is 0 Å². The SMILES string of the molecule is CN(C)C(=O)CC(CC(C)(C)C)C(C)(C)C(C)(C)C.